The van der Waals surface area contributed by atoms with Gasteiger partial charge in [0.05, 0.1) is 38.5 Å². The van der Waals surface area contributed by atoms with Crippen molar-refractivity contribution in [1.82, 2.24) is 24.6 Å². The smallest absolute Gasteiger partial charge is 0.162 e. The largest absolute Gasteiger partial charge is 0.493 e. The van der Waals surface area contributed by atoms with Crippen LogP contribution in [0.4, 0.5) is 5.82 Å². The zero-order valence-corrected chi connectivity index (χ0v) is 21.6. The molecule has 35 heavy (non-hydrogen) atoms. The first kappa shape index (κ1) is 23.6. The Labute approximate surface area is 209 Å². The molecule has 1 N–H and O–H groups in total. The standard InChI is InChI=1S/C26H32N6O2S/c1-17(28-26-20-13-22(33-3)23(34-4)14-21(20)29-18(2)30-26)24-7-8-25(35-24)19-15-27-32(16-19)12-11-31-9-5-6-10-31/h7-8,13-17H,5-6,9-12H2,1-4H3,(H,28,29,30). The Morgan fingerprint density at radius 2 is 1.83 bits per heavy atom. The van der Waals surface area contributed by atoms with Gasteiger partial charge in [-0.15, -0.1) is 11.3 Å². The Bertz CT molecular complexity index is 1310. The summed E-state index contributed by atoms with van der Waals surface area (Å²) in [4.78, 5) is 14.2. The maximum Gasteiger partial charge on any atom is 0.162 e. The summed E-state index contributed by atoms with van der Waals surface area (Å²) in [5.41, 5.74) is 1.98. The molecule has 8 nitrogen and oxygen atoms in total. The maximum absolute atomic E-state index is 5.50. The van der Waals surface area contributed by atoms with Crippen LogP contribution in [0.25, 0.3) is 21.3 Å². The second-order valence-corrected chi connectivity index (χ2v) is 10.1. The molecule has 184 valence electrons. The van der Waals surface area contributed by atoms with Gasteiger partial charge in [-0.05, 0) is 58.0 Å². The molecule has 1 saturated heterocycles. The Kier molecular flexibility index (Phi) is 6.88. The molecular weight excluding hydrogens is 460 g/mol. The van der Waals surface area contributed by atoms with Crippen LogP contribution in [0.1, 0.15) is 36.5 Å². The molecule has 0 amide bonds. The number of fused-ring (bicyclic) bond motifs is 1. The molecule has 4 heterocycles. The Morgan fingerprint density at radius 1 is 1.06 bits per heavy atom. The number of likely N-dealkylation sites (tertiary alicyclic amines) is 1. The lowest BCUT2D eigenvalue weighted by molar-refractivity contribution is 0.316. The molecule has 5 rings (SSSR count). The summed E-state index contributed by atoms with van der Waals surface area (Å²) in [6.07, 6.45) is 6.77. The van der Waals surface area contributed by atoms with Crippen LogP contribution in [0.2, 0.25) is 0 Å². The van der Waals surface area contributed by atoms with Gasteiger partial charge in [-0.3, -0.25) is 4.68 Å². The molecule has 1 aliphatic rings. The van der Waals surface area contributed by atoms with Gasteiger partial charge in [0, 0.05) is 39.5 Å². The molecule has 1 atom stereocenters. The molecular formula is C26H32N6O2S. The minimum atomic E-state index is 0.0737. The third-order valence-electron chi connectivity index (χ3n) is 6.48. The zero-order chi connectivity index (χ0) is 24.4. The van der Waals surface area contributed by atoms with Gasteiger partial charge >= 0.3 is 0 Å². The molecule has 0 radical (unpaired) electrons. The minimum absolute atomic E-state index is 0.0737. The van der Waals surface area contributed by atoms with E-state index in [4.69, 9.17) is 9.47 Å². The van der Waals surface area contributed by atoms with E-state index in [1.54, 1.807) is 25.6 Å². The molecule has 0 saturated carbocycles. The fraction of sp³-hybridized carbons (Fsp3) is 0.423. The van der Waals surface area contributed by atoms with Gasteiger partial charge in [0.25, 0.3) is 0 Å². The fourth-order valence-electron chi connectivity index (χ4n) is 4.56. The van der Waals surface area contributed by atoms with Crippen LogP contribution < -0.4 is 14.8 Å². The summed E-state index contributed by atoms with van der Waals surface area (Å²) >= 11 is 1.78. The molecule has 9 heteroatoms. The van der Waals surface area contributed by atoms with Gasteiger partial charge in [0.1, 0.15) is 11.6 Å². The third kappa shape index (κ3) is 5.11. The summed E-state index contributed by atoms with van der Waals surface area (Å²) < 4.78 is 13.0. The number of benzene rings is 1. The van der Waals surface area contributed by atoms with Crippen LogP contribution in [0.3, 0.4) is 0 Å². The lowest BCUT2D eigenvalue weighted by Crippen LogP contribution is -2.24. The lowest BCUT2D eigenvalue weighted by atomic mass is 10.2. The van der Waals surface area contributed by atoms with Crippen LogP contribution in [0.5, 0.6) is 11.5 Å². The zero-order valence-electron chi connectivity index (χ0n) is 20.7. The second kappa shape index (κ2) is 10.2. The van der Waals surface area contributed by atoms with Crippen molar-refractivity contribution in [2.24, 2.45) is 0 Å². The van der Waals surface area contributed by atoms with Crippen molar-refractivity contribution in [3.8, 4) is 21.9 Å². The Hall–Kier alpha value is -3.17. The number of nitrogens with one attached hydrogen (secondary N) is 1. The molecule has 4 aromatic rings. The number of hydrogen-bond acceptors (Lipinski definition) is 8. The highest BCUT2D eigenvalue weighted by Gasteiger charge is 2.17. The van der Waals surface area contributed by atoms with Gasteiger partial charge in [-0.25, -0.2) is 9.97 Å². The van der Waals surface area contributed by atoms with Gasteiger partial charge in [0.15, 0.2) is 11.5 Å². The quantitative estimate of drug-likeness (QED) is 0.346. The highest BCUT2D eigenvalue weighted by atomic mass is 32.1. The van der Waals surface area contributed by atoms with Crippen molar-refractivity contribution in [3.05, 3.63) is 47.4 Å². The molecule has 1 aliphatic heterocycles. The highest BCUT2D eigenvalue weighted by molar-refractivity contribution is 7.15. The number of ether oxygens (including phenoxy) is 2. The second-order valence-electron chi connectivity index (χ2n) is 8.95. The number of nitrogens with zero attached hydrogens (tertiary/aromatic N) is 5. The summed E-state index contributed by atoms with van der Waals surface area (Å²) in [6.45, 7) is 8.49. The van der Waals surface area contributed by atoms with Crippen LogP contribution in [-0.2, 0) is 6.54 Å². The van der Waals surface area contributed by atoms with E-state index in [9.17, 15) is 0 Å². The van der Waals surface area contributed by atoms with Crippen molar-refractivity contribution < 1.29 is 9.47 Å². The maximum atomic E-state index is 5.50. The Morgan fingerprint density at radius 3 is 2.60 bits per heavy atom. The first-order valence-electron chi connectivity index (χ1n) is 12.1. The molecule has 3 aromatic heterocycles. The van der Waals surface area contributed by atoms with E-state index in [1.807, 2.05) is 25.3 Å². The molecule has 1 unspecified atom stereocenters. The predicted octanol–water partition coefficient (Wildman–Crippen LogP) is 5.15. The molecule has 0 bridgehead atoms. The number of anilines is 1. The normalized spacial score (nSPS) is 15.0. The van der Waals surface area contributed by atoms with E-state index >= 15 is 0 Å². The molecule has 1 fully saturated rings. The van der Waals surface area contributed by atoms with Gasteiger partial charge < -0.3 is 19.7 Å². The first-order valence-corrected chi connectivity index (χ1v) is 12.9. The number of aromatic nitrogens is 4. The minimum Gasteiger partial charge on any atom is -0.493 e. The van der Waals surface area contributed by atoms with Crippen LogP contribution >= 0.6 is 11.3 Å². The summed E-state index contributed by atoms with van der Waals surface area (Å²) in [5.74, 6) is 2.79. The van der Waals surface area contributed by atoms with Crippen molar-refractivity contribution in [3.63, 3.8) is 0 Å². The van der Waals surface area contributed by atoms with E-state index in [0.717, 1.165) is 35.4 Å². The van der Waals surface area contributed by atoms with Gasteiger partial charge in [0.2, 0.25) is 0 Å². The predicted molar refractivity (Wildman–Crippen MR) is 141 cm³/mol. The van der Waals surface area contributed by atoms with E-state index in [2.05, 4.69) is 55.2 Å². The number of methoxy groups -OCH3 is 2. The topological polar surface area (TPSA) is 77.3 Å². The summed E-state index contributed by atoms with van der Waals surface area (Å²) in [7, 11) is 3.26. The fourth-order valence-corrected chi connectivity index (χ4v) is 5.55. The van der Waals surface area contributed by atoms with E-state index in [-0.39, 0.29) is 6.04 Å². The highest BCUT2D eigenvalue weighted by Crippen LogP contribution is 2.36. The number of thiophene rings is 1. The van der Waals surface area contributed by atoms with Crippen molar-refractivity contribution in [2.75, 3.05) is 39.2 Å². The first-order chi connectivity index (χ1) is 17.0. The average molecular weight is 493 g/mol. The van der Waals surface area contributed by atoms with Crippen molar-refractivity contribution >= 4 is 28.1 Å². The van der Waals surface area contributed by atoms with Crippen LogP contribution in [0.15, 0.2) is 36.7 Å². The average Bonchev–Trinajstić information content (AvgIpc) is 3.63. The van der Waals surface area contributed by atoms with Crippen LogP contribution in [-0.4, -0.2) is 58.5 Å². The monoisotopic (exact) mass is 492 g/mol. The van der Waals surface area contributed by atoms with E-state index in [1.165, 1.54) is 35.7 Å². The summed E-state index contributed by atoms with van der Waals surface area (Å²) in [6, 6.07) is 8.25. The third-order valence-corrected chi connectivity index (χ3v) is 7.80. The molecule has 0 spiro atoms. The van der Waals surface area contributed by atoms with E-state index in [0.29, 0.717) is 17.3 Å². The summed E-state index contributed by atoms with van der Waals surface area (Å²) in [5, 5.41) is 9.08. The van der Waals surface area contributed by atoms with E-state index < -0.39 is 0 Å². The van der Waals surface area contributed by atoms with Gasteiger partial charge in [-0.1, -0.05) is 0 Å². The molecule has 1 aromatic carbocycles. The van der Waals surface area contributed by atoms with Crippen molar-refractivity contribution in [1.29, 1.82) is 0 Å². The SMILES string of the molecule is COc1cc2nc(C)nc(NC(C)c3ccc(-c4cnn(CCN5CCCC5)c4)s3)c2cc1OC. The number of aryl methyl sites for hydroxylation is 1. The molecule has 0 aliphatic carbocycles. The van der Waals surface area contributed by atoms with Crippen molar-refractivity contribution in [2.45, 2.75) is 39.3 Å². The van der Waals surface area contributed by atoms with Crippen LogP contribution in [0, 0.1) is 6.92 Å². The van der Waals surface area contributed by atoms with Gasteiger partial charge in [-0.2, -0.15) is 5.10 Å². The lowest BCUT2D eigenvalue weighted by Gasteiger charge is -2.16. The Balaban J connectivity index is 1.32. The number of hydrogen-bond donors (Lipinski definition) is 1. The number of rotatable bonds is 9.